The van der Waals surface area contributed by atoms with Crippen LogP contribution < -0.4 is 20.0 Å². The van der Waals surface area contributed by atoms with Crippen molar-refractivity contribution in [1.82, 2.24) is 4.57 Å². The lowest BCUT2D eigenvalue weighted by atomic mass is 9.92. The van der Waals surface area contributed by atoms with E-state index in [0.717, 1.165) is 24.6 Å². The van der Waals surface area contributed by atoms with Gasteiger partial charge in [0.15, 0.2) is 11.6 Å². The summed E-state index contributed by atoms with van der Waals surface area (Å²) >= 11 is 0. The molecule has 1 aliphatic carbocycles. The van der Waals surface area contributed by atoms with Gasteiger partial charge in [-0.3, -0.25) is 9.69 Å². The van der Waals surface area contributed by atoms with E-state index in [9.17, 15) is 34.1 Å². The van der Waals surface area contributed by atoms with Gasteiger partial charge < -0.3 is 34.3 Å². The number of carboxylic acid groups (broad SMARTS) is 1. The molecule has 3 aromatic rings. The van der Waals surface area contributed by atoms with Crippen LogP contribution >= 0.6 is 0 Å². The van der Waals surface area contributed by atoms with Crippen molar-refractivity contribution in [3.05, 3.63) is 64.2 Å². The Morgan fingerprint density at radius 1 is 1.10 bits per heavy atom. The van der Waals surface area contributed by atoms with Gasteiger partial charge in [-0.15, -0.1) is 0 Å². The van der Waals surface area contributed by atoms with Crippen molar-refractivity contribution in [2.24, 2.45) is 0 Å². The molecule has 3 N–H and O–H groups in total. The van der Waals surface area contributed by atoms with Gasteiger partial charge in [0.05, 0.1) is 24.4 Å². The van der Waals surface area contributed by atoms with Gasteiger partial charge in [-0.05, 0) is 56.0 Å². The molecular weight excluding hydrogens is 537 g/mol. The number of halogens is 1. The zero-order chi connectivity index (χ0) is 28.9. The number of nitrogens with zero attached hydrogens (tertiary/aromatic N) is 3. The minimum absolute atomic E-state index is 0.0517. The molecule has 216 valence electrons. The fourth-order valence-electron chi connectivity index (χ4n) is 5.48. The maximum atomic E-state index is 14.8. The first-order chi connectivity index (χ1) is 19.7. The average molecular weight is 568 g/mol. The normalized spacial score (nSPS) is 20.4. The van der Waals surface area contributed by atoms with E-state index in [1.165, 1.54) is 23.2 Å². The van der Waals surface area contributed by atoms with Crippen LogP contribution in [-0.4, -0.2) is 76.5 Å². The number of pyridine rings is 1. The highest BCUT2D eigenvalue weighted by atomic mass is 19.1. The molecule has 41 heavy (non-hydrogen) atoms. The Kier molecular flexibility index (Phi) is 6.82. The summed E-state index contributed by atoms with van der Waals surface area (Å²) in [6.07, 6.45) is 2.69. The largest absolute Gasteiger partial charge is 0.488 e. The van der Waals surface area contributed by atoms with Crippen LogP contribution in [0.1, 0.15) is 42.1 Å². The third kappa shape index (κ3) is 5.20. The van der Waals surface area contributed by atoms with E-state index < -0.39 is 35.0 Å². The fraction of sp³-hybridized carbons (Fsp3) is 0.414. The molecule has 2 saturated heterocycles. The Hall–Kier alpha value is -4.16. The van der Waals surface area contributed by atoms with Gasteiger partial charge >= 0.3 is 12.1 Å². The molecule has 1 atom stereocenters. The molecule has 1 saturated carbocycles. The summed E-state index contributed by atoms with van der Waals surface area (Å²) in [5.41, 5.74) is -0.0845. The number of aliphatic hydroxyl groups excluding tert-OH is 1. The molecule has 3 heterocycles. The number of hydrogen-bond donors (Lipinski definition) is 3. The van der Waals surface area contributed by atoms with E-state index in [2.05, 4.69) is 4.90 Å². The van der Waals surface area contributed by atoms with Gasteiger partial charge in [0.25, 0.3) is 0 Å². The zero-order valence-electron chi connectivity index (χ0n) is 22.2. The van der Waals surface area contributed by atoms with Crippen molar-refractivity contribution in [3.63, 3.8) is 0 Å². The molecule has 2 aromatic carbocycles. The summed E-state index contributed by atoms with van der Waals surface area (Å²) in [5, 5.41) is 30.2. The van der Waals surface area contributed by atoms with Crippen molar-refractivity contribution < 1.29 is 38.8 Å². The molecule has 1 aromatic heterocycles. The summed E-state index contributed by atoms with van der Waals surface area (Å²) in [6, 6.07) is 9.61. The Morgan fingerprint density at radius 3 is 2.46 bits per heavy atom. The Labute approximate surface area is 233 Å². The van der Waals surface area contributed by atoms with Gasteiger partial charge in [-0.1, -0.05) is 0 Å². The molecular formula is C29H30FN3O8. The number of carbonyl (C=O) groups is 2. The predicted octanol–water partition coefficient (Wildman–Crippen LogP) is 2.90. The molecule has 3 aliphatic rings. The molecule has 1 amide bonds. The molecule has 0 unspecified atom stereocenters. The number of cyclic esters (lactones) is 1. The highest BCUT2D eigenvalue weighted by Crippen LogP contribution is 2.38. The van der Waals surface area contributed by atoms with Crippen molar-refractivity contribution in [1.29, 1.82) is 0 Å². The third-order valence-electron chi connectivity index (χ3n) is 8.05. The van der Waals surface area contributed by atoms with Gasteiger partial charge in [-0.2, -0.15) is 0 Å². The first-order valence-corrected chi connectivity index (χ1v) is 13.6. The van der Waals surface area contributed by atoms with Crippen LogP contribution in [0.2, 0.25) is 0 Å². The van der Waals surface area contributed by atoms with Crippen LogP contribution in [0.15, 0.2) is 47.4 Å². The second-order valence-corrected chi connectivity index (χ2v) is 10.9. The number of hydrogen-bond acceptors (Lipinski definition) is 8. The number of carboxylic acids is 1. The maximum Gasteiger partial charge on any atom is 0.414 e. The fourth-order valence-corrected chi connectivity index (χ4v) is 5.48. The number of aliphatic hydroxyl groups is 2. The summed E-state index contributed by atoms with van der Waals surface area (Å²) in [4.78, 5) is 39.7. The maximum absolute atomic E-state index is 14.8. The van der Waals surface area contributed by atoms with Crippen LogP contribution in [0.4, 0.5) is 20.6 Å². The van der Waals surface area contributed by atoms with Crippen LogP contribution in [0, 0.1) is 5.82 Å². The first kappa shape index (κ1) is 27.0. The first-order valence-electron chi connectivity index (χ1n) is 13.6. The molecule has 2 aliphatic heterocycles. The van der Waals surface area contributed by atoms with E-state index in [4.69, 9.17) is 9.47 Å². The number of aromatic nitrogens is 1. The number of amides is 1. The number of piperidine rings is 1. The van der Waals surface area contributed by atoms with E-state index >= 15 is 0 Å². The number of rotatable bonds is 8. The van der Waals surface area contributed by atoms with E-state index in [1.54, 1.807) is 12.1 Å². The molecule has 6 rings (SSSR count). The zero-order valence-corrected chi connectivity index (χ0v) is 22.2. The van der Waals surface area contributed by atoms with Crippen molar-refractivity contribution in [2.75, 3.05) is 42.6 Å². The van der Waals surface area contributed by atoms with Crippen molar-refractivity contribution in [2.45, 2.75) is 43.4 Å². The average Bonchev–Trinajstić information content (AvgIpc) is 3.73. The van der Waals surface area contributed by atoms with Crippen molar-refractivity contribution in [3.8, 4) is 5.75 Å². The number of fused-ring (bicyclic) bond motifs is 1. The molecule has 0 spiro atoms. The van der Waals surface area contributed by atoms with Crippen LogP contribution in [-0.2, 0) is 4.74 Å². The monoisotopic (exact) mass is 567 g/mol. The minimum atomic E-state index is -1.24. The van der Waals surface area contributed by atoms with E-state index in [1.807, 2.05) is 10.6 Å². The quantitative estimate of drug-likeness (QED) is 0.375. The number of ether oxygens (including phenoxy) is 2. The molecule has 12 heteroatoms. The summed E-state index contributed by atoms with van der Waals surface area (Å²) < 4.78 is 27.3. The van der Waals surface area contributed by atoms with Gasteiger partial charge in [0.2, 0.25) is 5.43 Å². The lowest BCUT2D eigenvalue weighted by molar-refractivity contribution is -0.0249. The van der Waals surface area contributed by atoms with Crippen LogP contribution in [0.25, 0.3) is 10.9 Å². The summed E-state index contributed by atoms with van der Waals surface area (Å²) in [7, 11) is 0. The molecule has 0 bridgehead atoms. The topological polar surface area (TPSA) is 142 Å². The smallest absolute Gasteiger partial charge is 0.414 e. The Bertz CT molecular complexity index is 1580. The lowest BCUT2D eigenvalue weighted by Crippen LogP contribution is -2.48. The van der Waals surface area contributed by atoms with Crippen LogP contribution in [0.3, 0.4) is 0 Å². The minimum Gasteiger partial charge on any atom is -0.488 e. The highest BCUT2D eigenvalue weighted by Gasteiger charge is 2.35. The van der Waals surface area contributed by atoms with Crippen LogP contribution in [0.5, 0.6) is 5.75 Å². The lowest BCUT2D eigenvalue weighted by Gasteiger charge is -2.39. The number of carbonyl (C=O) groups excluding carboxylic acids is 1. The highest BCUT2D eigenvalue weighted by molar-refractivity contribution is 5.93. The van der Waals surface area contributed by atoms with E-state index in [0.29, 0.717) is 36.8 Å². The number of aromatic carboxylic acids is 1. The van der Waals surface area contributed by atoms with Gasteiger partial charge in [0.1, 0.15) is 23.9 Å². The summed E-state index contributed by atoms with van der Waals surface area (Å²) in [6.45, 7) is 0.669. The second-order valence-electron chi connectivity index (χ2n) is 10.9. The standard InChI is InChI=1S/C29H30FN3O8/c30-23-11-19(33-13-20(15-34)41-28(33)38)4-6-25(23)40-16-29(39)7-9-31(10-8-29)18-3-5-21-24(12-18)32(17-1-2-17)14-22(26(21)35)27(36)37/h3-6,11-12,14,17,20,34,39H,1-2,7-10,13,15-16H2,(H,36,37)/t20-/m1/s1. The molecule has 11 nitrogen and oxygen atoms in total. The third-order valence-corrected chi connectivity index (χ3v) is 8.05. The van der Waals surface area contributed by atoms with E-state index in [-0.39, 0.29) is 42.8 Å². The Balaban J connectivity index is 1.12. The predicted molar refractivity (Wildman–Crippen MR) is 146 cm³/mol. The summed E-state index contributed by atoms with van der Waals surface area (Å²) in [5.74, 6) is -1.98. The number of benzene rings is 2. The molecule has 3 fully saturated rings. The van der Waals surface area contributed by atoms with Gasteiger partial charge in [0, 0.05) is 42.5 Å². The molecule has 0 radical (unpaired) electrons. The number of anilines is 2. The van der Waals surface area contributed by atoms with Crippen molar-refractivity contribution >= 4 is 34.3 Å². The SMILES string of the molecule is O=C(O)c1cn(C2CC2)c2cc(N3CCC(O)(COc4ccc(N5C[C@H](CO)OC5=O)cc4F)CC3)ccc2c1=O. The Morgan fingerprint density at radius 2 is 1.83 bits per heavy atom. The second kappa shape index (κ2) is 10.3. The van der Waals surface area contributed by atoms with Gasteiger partial charge in [-0.25, -0.2) is 14.0 Å².